The molecular formula is C44H57NO9S2Si. The van der Waals surface area contributed by atoms with Crippen molar-refractivity contribution in [2.75, 3.05) is 6.61 Å². The number of benzene rings is 3. The normalized spacial score (nSPS) is 26.1. The Morgan fingerprint density at radius 2 is 1.23 bits per heavy atom. The van der Waals surface area contributed by atoms with Gasteiger partial charge in [0.2, 0.25) is 0 Å². The zero-order valence-corrected chi connectivity index (χ0v) is 37.0. The molecule has 9 atom stereocenters. The first-order valence-corrected chi connectivity index (χ1v) is 24.4. The van der Waals surface area contributed by atoms with Crippen LogP contribution < -0.4 is 4.72 Å². The van der Waals surface area contributed by atoms with E-state index in [1.807, 2.05) is 33.8 Å². The lowest BCUT2D eigenvalue weighted by atomic mass is 9.87. The van der Waals surface area contributed by atoms with Crippen LogP contribution >= 0.6 is 11.8 Å². The molecule has 1 N–H and O–H groups in total. The lowest BCUT2D eigenvalue weighted by Crippen LogP contribution is -2.67. The molecule has 57 heavy (non-hydrogen) atoms. The summed E-state index contributed by atoms with van der Waals surface area (Å²) >= 11 is -0.172. The second kappa shape index (κ2) is 19.1. The molecule has 3 aromatic carbocycles. The van der Waals surface area contributed by atoms with Crippen LogP contribution in [0.3, 0.4) is 0 Å². The first kappa shape index (κ1) is 44.7. The van der Waals surface area contributed by atoms with Crippen LogP contribution in [0.5, 0.6) is 0 Å². The summed E-state index contributed by atoms with van der Waals surface area (Å²) in [5, 5.41) is -0.208. The fourth-order valence-electron chi connectivity index (χ4n) is 6.13. The molecule has 1 fully saturated rings. The molecule has 0 radical (unpaired) electrons. The minimum atomic E-state index is -2.19. The molecule has 2 aliphatic rings. The first-order valence-electron chi connectivity index (χ1n) is 19.4. The molecule has 2 unspecified atom stereocenters. The Labute approximate surface area is 346 Å². The number of rotatable bonds is 11. The zero-order chi connectivity index (χ0) is 41.5. The van der Waals surface area contributed by atoms with Crippen molar-refractivity contribution in [3.8, 4) is 0 Å². The highest BCUT2D eigenvalue weighted by Gasteiger charge is 2.57. The maximum Gasteiger partial charge on any atom is 0.338 e. The highest BCUT2D eigenvalue weighted by atomic mass is 32.2. The van der Waals surface area contributed by atoms with Crippen molar-refractivity contribution < 1.29 is 42.3 Å². The Morgan fingerprint density at radius 1 is 0.772 bits per heavy atom. The first-order chi connectivity index (χ1) is 26.9. The monoisotopic (exact) mass is 835 g/mol. The van der Waals surface area contributed by atoms with Gasteiger partial charge in [-0.25, -0.2) is 14.4 Å². The number of ether oxygens (including phenoxy) is 4. The van der Waals surface area contributed by atoms with Crippen molar-refractivity contribution in [1.82, 2.24) is 4.72 Å². The Kier molecular flexibility index (Phi) is 15.0. The molecule has 10 nitrogen and oxygen atoms in total. The van der Waals surface area contributed by atoms with E-state index in [2.05, 4.69) is 44.7 Å². The van der Waals surface area contributed by atoms with Crippen molar-refractivity contribution in [2.24, 2.45) is 5.92 Å². The molecule has 0 amide bonds. The van der Waals surface area contributed by atoms with E-state index in [-0.39, 0.29) is 32.9 Å². The van der Waals surface area contributed by atoms with Gasteiger partial charge < -0.3 is 27.9 Å². The predicted octanol–water partition coefficient (Wildman–Crippen LogP) is 8.53. The number of allylic oxidation sites excluding steroid dienone is 1. The van der Waals surface area contributed by atoms with Crippen molar-refractivity contribution in [1.29, 1.82) is 0 Å². The van der Waals surface area contributed by atoms with Gasteiger partial charge >= 0.3 is 17.9 Å². The summed E-state index contributed by atoms with van der Waals surface area (Å²) in [5.74, 6) is -2.38. The van der Waals surface area contributed by atoms with Gasteiger partial charge in [0.05, 0.1) is 22.7 Å². The Balaban J connectivity index is 1.67. The molecule has 1 saturated heterocycles. The third kappa shape index (κ3) is 11.6. The molecule has 2 heterocycles. The van der Waals surface area contributed by atoms with Gasteiger partial charge in [0.1, 0.15) is 16.3 Å². The van der Waals surface area contributed by atoms with E-state index in [0.717, 1.165) is 0 Å². The van der Waals surface area contributed by atoms with Crippen molar-refractivity contribution in [3.63, 3.8) is 0 Å². The van der Waals surface area contributed by atoms with Crippen molar-refractivity contribution >= 4 is 49.3 Å². The van der Waals surface area contributed by atoms with E-state index in [0.29, 0.717) is 13.0 Å². The van der Waals surface area contributed by atoms with Gasteiger partial charge in [-0.15, -0.1) is 16.5 Å². The number of carbonyl (C=O) groups is 3. The fourth-order valence-corrected chi connectivity index (χ4v) is 9.56. The molecule has 2 aliphatic heterocycles. The smallest absolute Gasteiger partial charge is 0.338 e. The largest absolute Gasteiger partial charge is 0.598 e. The number of esters is 3. The van der Waals surface area contributed by atoms with Gasteiger partial charge in [0, 0.05) is 23.2 Å². The molecule has 3 aromatic rings. The van der Waals surface area contributed by atoms with Crippen LogP contribution in [-0.4, -0.2) is 83.3 Å². The van der Waals surface area contributed by atoms with Crippen LogP contribution in [0, 0.1) is 5.92 Å². The predicted molar refractivity (Wildman–Crippen MR) is 228 cm³/mol. The van der Waals surface area contributed by atoms with Gasteiger partial charge in [-0.2, -0.15) is 0 Å². The quantitative estimate of drug-likeness (QED) is 0.0656. The Hall–Kier alpha value is -3.43. The number of thioether (sulfide) groups is 1. The van der Waals surface area contributed by atoms with Gasteiger partial charge in [-0.3, -0.25) is 0 Å². The summed E-state index contributed by atoms with van der Waals surface area (Å²) in [6, 6.07) is 24.7. The summed E-state index contributed by atoms with van der Waals surface area (Å²) in [6.45, 7) is 18.9. The molecular weight excluding hydrogens is 779 g/mol. The third-order valence-electron chi connectivity index (χ3n) is 10.6. The summed E-state index contributed by atoms with van der Waals surface area (Å²) in [6.07, 6.45) is -0.269. The van der Waals surface area contributed by atoms with E-state index in [4.69, 9.17) is 23.4 Å². The highest BCUT2D eigenvalue weighted by Crippen LogP contribution is 2.42. The molecule has 13 heteroatoms. The van der Waals surface area contributed by atoms with Gasteiger partial charge in [0.25, 0.3) is 0 Å². The summed E-state index contributed by atoms with van der Waals surface area (Å²) in [7, 11) is -2.19. The SMILES string of the molecule is C[C@@H]1C=CCC(CO[Si](C)(C)C(C)(C)C)S[C@H]2O[C@H]([C@@H]1N[S+]([O-])C(C)(C)C)[C@H](OC(=O)c1ccccc1)[C@H](OC(=O)c1ccccc1)[C@H]2OC(=O)c1ccccc1. The molecule has 2 bridgehead atoms. The van der Waals surface area contributed by atoms with Crippen LogP contribution in [0.4, 0.5) is 0 Å². The van der Waals surface area contributed by atoms with E-state index in [1.165, 1.54) is 11.8 Å². The van der Waals surface area contributed by atoms with Gasteiger partial charge in [-0.05, 0) is 87.6 Å². The van der Waals surface area contributed by atoms with E-state index < -0.39 is 78.2 Å². The lowest BCUT2D eigenvalue weighted by molar-refractivity contribution is -0.207. The van der Waals surface area contributed by atoms with Gasteiger partial charge in [-0.1, -0.05) is 94.4 Å². The fraction of sp³-hybridized carbons (Fsp3) is 0.477. The molecule has 0 aliphatic carbocycles. The van der Waals surface area contributed by atoms with Gasteiger partial charge in [0.15, 0.2) is 26.6 Å². The molecule has 0 saturated carbocycles. The molecule has 308 valence electrons. The maximum atomic E-state index is 14.1. The van der Waals surface area contributed by atoms with Crippen LogP contribution in [0.15, 0.2) is 103 Å². The lowest BCUT2D eigenvalue weighted by Gasteiger charge is -2.48. The number of carbonyl (C=O) groups excluding carboxylic acids is 3. The Morgan fingerprint density at radius 3 is 1.68 bits per heavy atom. The van der Waals surface area contributed by atoms with E-state index in [9.17, 15) is 18.9 Å². The molecule has 5 rings (SSSR count). The topological polar surface area (TPSA) is 132 Å². The van der Waals surface area contributed by atoms with Crippen LogP contribution in [-0.2, 0) is 34.7 Å². The van der Waals surface area contributed by atoms with E-state index >= 15 is 0 Å². The minimum absolute atomic E-state index is 0.0353. The number of hydrogen-bond donors (Lipinski definition) is 1. The third-order valence-corrected chi connectivity index (χ3v) is 18.1. The average Bonchev–Trinajstić information content (AvgIpc) is 3.17. The number of nitrogens with one attached hydrogen (secondary N) is 1. The second-order valence-electron chi connectivity index (χ2n) is 17.1. The number of fused-ring (bicyclic) bond motifs is 2. The molecule has 0 aromatic heterocycles. The maximum absolute atomic E-state index is 14.1. The standard InChI is InChI=1S/C44H57NO9S2Si/c1-29-20-19-27-33(28-50-57(8,9)44(5,6)7)55-42-38(53-41(48)32-25-17-12-18-26-32)37(52-40(47)31-23-15-11-16-24-31)36(51-39(46)30-21-13-10-14-22-30)35(54-42)34(29)45-56(49)43(2,3)4/h10-26,29,33-38,42,45H,27-28H2,1-9H3/t29-,33?,34-,35-,36+,37+,38-,42-,56?/m1/s1. The van der Waals surface area contributed by atoms with Crippen LogP contribution in [0.25, 0.3) is 0 Å². The zero-order valence-electron chi connectivity index (χ0n) is 34.3. The van der Waals surface area contributed by atoms with E-state index in [1.54, 1.807) is 91.0 Å². The summed E-state index contributed by atoms with van der Waals surface area (Å²) in [4.78, 5) is 42.1. The minimum Gasteiger partial charge on any atom is -0.598 e. The second-order valence-corrected chi connectivity index (χ2v) is 25.3. The average molecular weight is 836 g/mol. The highest BCUT2D eigenvalue weighted by molar-refractivity contribution is 8.00. The summed E-state index contributed by atoms with van der Waals surface area (Å²) in [5.41, 5.74) is -0.141. The van der Waals surface area contributed by atoms with Crippen molar-refractivity contribution in [2.45, 2.75) is 119 Å². The Bertz CT molecular complexity index is 1820. The van der Waals surface area contributed by atoms with Crippen molar-refractivity contribution in [3.05, 3.63) is 120 Å². The summed E-state index contributed by atoms with van der Waals surface area (Å²) < 4.78 is 49.5. The van der Waals surface area contributed by atoms with Crippen LogP contribution in [0.1, 0.15) is 86.0 Å². The van der Waals surface area contributed by atoms with Crippen LogP contribution in [0.2, 0.25) is 18.1 Å². The number of hydrogen-bond acceptors (Lipinski definition) is 11. The molecule has 0 spiro atoms.